The van der Waals surface area contributed by atoms with Gasteiger partial charge >= 0.3 is 0 Å². The summed E-state index contributed by atoms with van der Waals surface area (Å²) in [5, 5.41) is 3.84. The van der Waals surface area contributed by atoms with E-state index in [1.807, 2.05) is 0 Å². The molecule has 1 aromatic carbocycles. The number of para-hydroxylation sites is 1. The van der Waals surface area contributed by atoms with Gasteiger partial charge in [-0.15, -0.1) is 0 Å². The van der Waals surface area contributed by atoms with Crippen molar-refractivity contribution in [2.75, 3.05) is 11.9 Å². The van der Waals surface area contributed by atoms with Crippen molar-refractivity contribution < 1.29 is 4.79 Å². The molecule has 1 unspecified atom stereocenters. The van der Waals surface area contributed by atoms with E-state index in [4.69, 9.17) is 5.73 Å². The van der Waals surface area contributed by atoms with Crippen molar-refractivity contribution in [2.45, 2.75) is 56.7 Å². The first kappa shape index (κ1) is 18.0. The fraction of sp³-hybridized carbons (Fsp3) is 0.542. The quantitative estimate of drug-likeness (QED) is 0.818. The van der Waals surface area contributed by atoms with Crippen LogP contribution in [-0.4, -0.2) is 29.4 Å². The maximum atomic E-state index is 13.6. The maximum Gasteiger partial charge on any atom is 0.227 e. The summed E-state index contributed by atoms with van der Waals surface area (Å²) in [5.41, 5.74) is 8.86. The van der Waals surface area contributed by atoms with Gasteiger partial charge in [-0.2, -0.15) is 0 Å². The van der Waals surface area contributed by atoms with Gasteiger partial charge in [0.25, 0.3) is 0 Å². The van der Waals surface area contributed by atoms with Crippen LogP contribution in [0.15, 0.2) is 48.6 Å². The van der Waals surface area contributed by atoms with Gasteiger partial charge in [-0.3, -0.25) is 4.79 Å². The number of carbonyl (C=O) groups excluding carboxylic acids is 1. The molecule has 1 amide bonds. The number of benzene rings is 1. The molecule has 1 saturated carbocycles. The second-order valence-corrected chi connectivity index (χ2v) is 8.95. The number of hydrogen-bond donors (Lipinski definition) is 2. The molecule has 6 atom stereocenters. The average Bonchev–Trinajstić information content (AvgIpc) is 3.19. The predicted molar refractivity (Wildman–Crippen MR) is 113 cm³/mol. The number of nitrogens with two attached hydrogens (primary N) is 1. The van der Waals surface area contributed by atoms with Crippen LogP contribution in [0.4, 0.5) is 5.69 Å². The highest BCUT2D eigenvalue weighted by Crippen LogP contribution is 2.49. The molecule has 0 bridgehead atoms. The van der Waals surface area contributed by atoms with Crippen LogP contribution in [0.25, 0.3) is 0 Å². The van der Waals surface area contributed by atoms with Gasteiger partial charge < -0.3 is 16.0 Å². The Kier molecular flexibility index (Phi) is 4.75. The van der Waals surface area contributed by atoms with Crippen LogP contribution in [0, 0.1) is 17.8 Å². The molecule has 0 aromatic heterocycles. The summed E-state index contributed by atoms with van der Waals surface area (Å²) in [6.07, 6.45) is 15.3. The molecule has 0 radical (unpaired) electrons. The Labute approximate surface area is 167 Å². The van der Waals surface area contributed by atoms with Crippen molar-refractivity contribution in [3.05, 3.63) is 54.1 Å². The van der Waals surface area contributed by atoms with E-state index in [2.05, 4.69) is 58.8 Å². The smallest absolute Gasteiger partial charge is 0.227 e. The third-order valence-corrected chi connectivity index (χ3v) is 7.40. The number of nitrogens with zero attached hydrogens (tertiary/aromatic N) is 1. The van der Waals surface area contributed by atoms with Crippen molar-refractivity contribution in [1.82, 2.24) is 4.90 Å². The molecule has 1 aromatic rings. The Hall–Kier alpha value is -2.07. The zero-order valence-electron chi connectivity index (χ0n) is 16.5. The van der Waals surface area contributed by atoms with Gasteiger partial charge in [-0.1, -0.05) is 55.3 Å². The SMILES string of the molecule is N[C@@H]1CCCC[C@@H]1C(=O)N1CC[C@@H]2[C@H](C3C=CC=CC3)Nc3ccccc3[C@@H]21. The Morgan fingerprint density at radius 3 is 2.79 bits per heavy atom. The number of anilines is 1. The first-order valence-corrected chi connectivity index (χ1v) is 11.0. The molecule has 2 aliphatic carbocycles. The molecule has 2 aliphatic heterocycles. The first-order chi connectivity index (χ1) is 13.7. The standard InChI is InChI=1S/C24H31N3O/c25-20-12-6-4-10-17(20)24(28)27-15-14-19-22(16-8-2-1-3-9-16)26-21-13-7-5-11-18(21)23(19)27/h1-3,5,7-8,11,13,16-17,19-20,22-23,26H,4,6,9-10,12,14-15,25H2/t16?,17-,19+,20+,22-,23-/m0/s1. The van der Waals surface area contributed by atoms with Gasteiger partial charge in [0, 0.05) is 36.2 Å². The number of rotatable bonds is 2. The Morgan fingerprint density at radius 2 is 1.96 bits per heavy atom. The molecular weight excluding hydrogens is 346 g/mol. The second-order valence-electron chi connectivity index (χ2n) is 8.95. The van der Waals surface area contributed by atoms with Crippen molar-refractivity contribution in [3.8, 4) is 0 Å². The summed E-state index contributed by atoms with van der Waals surface area (Å²) >= 11 is 0. The Bertz CT molecular complexity index is 801. The molecule has 28 heavy (non-hydrogen) atoms. The lowest BCUT2D eigenvalue weighted by Gasteiger charge is -2.43. The van der Waals surface area contributed by atoms with Crippen molar-refractivity contribution >= 4 is 11.6 Å². The summed E-state index contributed by atoms with van der Waals surface area (Å²) < 4.78 is 0. The van der Waals surface area contributed by atoms with E-state index in [9.17, 15) is 4.79 Å². The molecular formula is C24H31N3O. The van der Waals surface area contributed by atoms with E-state index in [1.165, 1.54) is 11.3 Å². The second kappa shape index (κ2) is 7.40. The minimum absolute atomic E-state index is 0.00510. The molecule has 3 N–H and O–H groups in total. The van der Waals surface area contributed by atoms with Gasteiger partial charge in [-0.25, -0.2) is 0 Å². The number of amides is 1. The minimum atomic E-state index is 0.00510. The fourth-order valence-corrected chi connectivity index (χ4v) is 5.98. The molecule has 4 heteroatoms. The van der Waals surface area contributed by atoms with E-state index < -0.39 is 0 Å². The Balaban J connectivity index is 1.47. The maximum absolute atomic E-state index is 13.6. The summed E-state index contributed by atoms with van der Waals surface area (Å²) in [5.74, 6) is 1.25. The van der Waals surface area contributed by atoms with Gasteiger partial charge in [0.15, 0.2) is 0 Å². The van der Waals surface area contributed by atoms with Gasteiger partial charge in [0.2, 0.25) is 5.91 Å². The van der Waals surface area contributed by atoms with Crippen LogP contribution in [0.2, 0.25) is 0 Å². The van der Waals surface area contributed by atoms with Crippen LogP contribution in [0.1, 0.15) is 50.1 Å². The zero-order valence-corrected chi connectivity index (χ0v) is 16.5. The van der Waals surface area contributed by atoms with Crippen LogP contribution < -0.4 is 11.1 Å². The van der Waals surface area contributed by atoms with Crippen LogP contribution in [-0.2, 0) is 4.79 Å². The summed E-state index contributed by atoms with van der Waals surface area (Å²) in [7, 11) is 0. The van der Waals surface area contributed by atoms with Crippen LogP contribution >= 0.6 is 0 Å². The molecule has 1 saturated heterocycles. The molecule has 5 rings (SSSR count). The highest BCUT2D eigenvalue weighted by atomic mass is 16.2. The molecule has 0 spiro atoms. The summed E-state index contributed by atoms with van der Waals surface area (Å²) in [6.45, 7) is 0.857. The van der Waals surface area contributed by atoms with E-state index in [0.29, 0.717) is 23.8 Å². The first-order valence-electron chi connectivity index (χ1n) is 11.0. The van der Waals surface area contributed by atoms with Gasteiger partial charge in [-0.05, 0) is 37.3 Å². The lowest BCUT2D eigenvalue weighted by molar-refractivity contribution is -0.138. The van der Waals surface area contributed by atoms with E-state index in [0.717, 1.165) is 45.1 Å². The molecule has 2 heterocycles. The number of fused-ring (bicyclic) bond motifs is 3. The average molecular weight is 378 g/mol. The van der Waals surface area contributed by atoms with E-state index >= 15 is 0 Å². The number of hydrogen-bond acceptors (Lipinski definition) is 3. The Morgan fingerprint density at radius 1 is 1.11 bits per heavy atom. The lowest BCUT2D eigenvalue weighted by atomic mass is 9.75. The van der Waals surface area contributed by atoms with Crippen molar-refractivity contribution in [1.29, 1.82) is 0 Å². The predicted octanol–water partition coefficient (Wildman–Crippen LogP) is 4.02. The third kappa shape index (κ3) is 2.98. The van der Waals surface area contributed by atoms with Crippen LogP contribution in [0.5, 0.6) is 0 Å². The number of likely N-dealkylation sites (tertiary alicyclic amines) is 1. The molecule has 2 fully saturated rings. The monoisotopic (exact) mass is 377 g/mol. The summed E-state index contributed by atoms with van der Waals surface area (Å²) in [6, 6.07) is 9.17. The van der Waals surface area contributed by atoms with Crippen molar-refractivity contribution in [3.63, 3.8) is 0 Å². The highest BCUT2D eigenvalue weighted by Gasteiger charge is 2.48. The van der Waals surface area contributed by atoms with Gasteiger partial charge in [0.1, 0.15) is 0 Å². The number of allylic oxidation sites excluding steroid dienone is 3. The van der Waals surface area contributed by atoms with E-state index in [1.54, 1.807) is 0 Å². The number of nitrogens with one attached hydrogen (secondary N) is 1. The highest BCUT2D eigenvalue weighted by molar-refractivity contribution is 5.81. The largest absolute Gasteiger partial charge is 0.381 e. The third-order valence-electron chi connectivity index (χ3n) is 7.40. The lowest BCUT2D eigenvalue weighted by Crippen LogP contribution is -2.48. The normalized spacial score (nSPS) is 36.5. The zero-order chi connectivity index (χ0) is 19.1. The van der Waals surface area contributed by atoms with Crippen LogP contribution in [0.3, 0.4) is 0 Å². The topological polar surface area (TPSA) is 58.4 Å². The van der Waals surface area contributed by atoms with Gasteiger partial charge in [0.05, 0.1) is 12.0 Å². The number of carbonyl (C=O) groups is 1. The molecule has 4 aliphatic rings. The minimum Gasteiger partial charge on any atom is -0.381 e. The fourth-order valence-electron chi connectivity index (χ4n) is 5.98. The summed E-state index contributed by atoms with van der Waals surface area (Å²) in [4.78, 5) is 15.7. The molecule has 148 valence electrons. The molecule has 4 nitrogen and oxygen atoms in total. The van der Waals surface area contributed by atoms with E-state index in [-0.39, 0.29) is 18.0 Å². The van der Waals surface area contributed by atoms with Crippen molar-refractivity contribution in [2.24, 2.45) is 23.5 Å².